The van der Waals surface area contributed by atoms with Gasteiger partial charge in [-0.25, -0.2) is 9.96 Å². The molecular formula is C26H23N3O8. The Hall–Kier alpha value is -4.64. The summed E-state index contributed by atoms with van der Waals surface area (Å²) in [5.41, 5.74) is 1.27. The van der Waals surface area contributed by atoms with E-state index in [9.17, 15) is 19.7 Å². The second-order valence-corrected chi connectivity index (χ2v) is 8.37. The summed E-state index contributed by atoms with van der Waals surface area (Å²) in [7, 11) is 4.46. The number of non-ortho nitro benzene ring substituents is 1. The molecule has 3 aromatic carbocycles. The van der Waals surface area contributed by atoms with E-state index in [-0.39, 0.29) is 11.4 Å². The van der Waals surface area contributed by atoms with Gasteiger partial charge in [0.05, 0.1) is 37.6 Å². The maximum absolute atomic E-state index is 13.8. The van der Waals surface area contributed by atoms with Gasteiger partial charge in [-0.05, 0) is 36.4 Å². The highest BCUT2D eigenvalue weighted by Crippen LogP contribution is 2.52. The number of fused-ring (bicyclic) bond motifs is 1. The lowest BCUT2D eigenvalue weighted by atomic mass is 9.89. The van der Waals surface area contributed by atoms with E-state index in [2.05, 4.69) is 0 Å². The van der Waals surface area contributed by atoms with Crippen molar-refractivity contribution in [3.05, 3.63) is 82.4 Å². The lowest BCUT2D eigenvalue weighted by Crippen LogP contribution is -2.37. The second-order valence-electron chi connectivity index (χ2n) is 8.37. The number of carbonyl (C=O) groups excluding carboxylic acids is 2. The summed E-state index contributed by atoms with van der Waals surface area (Å²) in [4.78, 5) is 45.0. The van der Waals surface area contributed by atoms with Crippen molar-refractivity contribution < 1.29 is 33.6 Å². The summed E-state index contributed by atoms with van der Waals surface area (Å²) in [6.45, 7) is 0. The van der Waals surface area contributed by atoms with Crippen molar-refractivity contribution in [2.45, 2.75) is 12.1 Å². The predicted molar refractivity (Wildman–Crippen MR) is 132 cm³/mol. The van der Waals surface area contributed by atoms with Gasteiger partial charge in [-0.3, -0.25) is 24.5 Å². The molecule has 3 aromatic rings. The molecule has 190 valence electrons. The molecule has 0 bridgehead atoms. The average Bonchev–Trinajstić information content (AvgIpc) is 3.43. The molecule has 0 radical (unpaired) electrons. The topological polar surface area (TPSA) is 121 Å². The highest BCUT2D eigenvalue weighted by molar-refractivity contribution is 6.24. The Morgan fingerprint density at radius 2 is 1.49 bits per heavy atom. The number of hydrogen-bond acceptors (Lipinski definition) is 9. The van der Waals surface area contributed by atoms with Gasteiger partial charge >= 0.3 is 0 Å². The zero-order valence-corrected chi connectivity index (χ0v) is 20.2. The van der Waals surface area contributed by atoms with Crippen molar-refractivity contribution >= 4 is 28.9 Å². The number of imide groups is 1. The van der Waals surface area contributed by atoms with Crippen molar-refractivity contribution in [3.63, 3.8) is 0 Å². The number of amides is 2. The number of anilines is 2. The number of nitro benzene ring substituents is 1. The third kappa shape index (κ3) is 3.80. The Kier molecular flexibility index (Phi) is 6.14. The number of hydrogen-bond donors (Lipinski definition) is 0. The summed E-state index contributed by atoms with van der Waals surface area (Å²) in [6.07, 6.45) is -1.12. The molecule has 0 aromatic heterocycles. The van der Waals surface area contributed by atoms with Crippen LogP contribution in [0, 0.1) is 16.0 Å². The number of rotatable bonds is 7. The molecule has 2 heterocycles. The first-order valence-corrected chi connectivity index (χ1v) is 11.3. The number of methoxy groups -OCH3 is 3. The average molecular weight is 505 g/mol. The summed E-state index contributed by atoms with van der Waals surface area (Å²) < 4.78 is 16.7. The molecular weight excluding hydrogens is 482 g/mol. The smallest absolute Gasteiger partial charge is 0.269 e. The first-order valence-electron chi connectivity index (χ1n) is 11.3. The Morgan fingerprint density at radius 1 is 0.811 bits per heavy atom. The number of carbonyl (C=O) groups is 2. The fraction of sp³-hybridized carbons (Fsp3) is 0.231. The number of ether oxygens (including phenoxy) is 3. The number of hydroxylamine groups is 1. The quantitative estimate of drug-likeness (QED) is 0.269. The summed E-state index contributed by atoms with van der Waals surface area (Å²) in [5.74, 6) is -0.883. The molecule has 2 aliphatic heterocycles. The van der Waals surface area contributed by atoms with Crippen LogP contribution in [0.2, 0.25) is 0 Å². The minimum absolute atomic E-state index is 0.150. The van der Waals surface area contributed by atoms with Crippen LogP contribution < -0.4 is 24.2 Å². The minimum atomic E-state index is -1.12. The maximum atomic E-state index is 13.8. The van der Waals surface area contributed by atoms with Gasteiger partial charge in [0.2, 0.25) is 11.7 Å². The minimum Gasteiger partial charge on any atom is -0.493 e. The van der Waals surface area contributed by atoms with Crippen LogP contribution in [0.25, 0.3) is 0 Å². The van der Waals surface area contributed by atoms with E-state index < -0.39 is 34.8 Å². The molecule has 11 nitrogen and oxygen atoms in total. The second kappa shape index (κ2) is 9.43. The Balaban J connectivity index is 1.63. The standard InChI is InChI=1S/C26H23N3O8/c1-34-19-14-13-18(22(35-2)23(19)36-3)21-20-24(37-28(21)16-7-5-4-6-8-16)26(31)27(25(20)30)15-9-11-17(12-10-15)29(32)33/h4-14,20-21,24H,1-3H3/t20-,21+,24-/m1/s1. The molecule has 3 atom stereocenters. The van der Waals surface area contributed by atoms with Crippen LogP contribution in [-0.4, -0.2) is 44.2 Å². The fourth-order valence-electron chi connectivity index (χ4n) is 4.86. The maximum Gasteiger partial charge on any atom is 0.269 e. The molecule has 0 N–H and O–H groups in total. The van der Waals surface area contributed by atoms with Crippen molar-refractivity contribution in [2.24, 2.45) is 5.92 Å². The van der Waals surface area contributed by atoms with Gasteiger partial charge in [-0.15, -0.1) is 0 Å². The molecule has 2 fully saturated rings. The Bertz CT molecular complexity index is 1360. The Morgan fingerprint density at radius 3 is 2.08 bits per heavy atom. The predicted octanol–water partition coefficient (Wildman–Crippen LogP) is 3.67. The van der Waals surface area contributed by atoms with E-state index >= 15 is 0 Å². The number of nitrogens with zero attached hydrogens (tertiary/aromatic N) is 3. The fourth-order valence-corrected chi connectivity index (χ4v) is 4.86. The van der Waals surface area contributed by atoms with Gasteiger partial charge in [0, 0.05) is 17.7 Å². The van der Waals surface area contributed by atoms with E-state index in [1.54, 1.807) is 17.2 Å². The van der Waals surface area contributed by atoms with E-state index in [4.69, 9.17) is 19.0 Å². The largest absolute Gasteiger partial charge is 0.493 e. The van der Waals surface area contributed by atoms with Crippen LogP contribution in [0.5, 0.6) is 17.2 Å². The van der Waals surface area contributed by atoms with Gasteiger partial charge in [0.1, 0.15) is 12.0 Å². The highest BCUT2D eigenvalue weighted by atomic mass is 16.7. The van der Waals surface area contributed by atoms with Crippen LogP contribution in [0.1, 0.15) is 11.6 Å². The van der Waals surface area contributed by atoms with Gasteiger partial charge in [0.15, 0.2) is 17.6 Å². The molecule has 2 saturated heterocycles. The van der Waals surface area contributed by atoms with E-state index in [0.717, 1.165) is 4.90 Å². The molecule has 11 heteroatoms. The monoisotopic (exact) mass is 505 g/mol. The molecule has 0 unspecified atom stereocenters. The van der Waals surface area contributed by atoms with Crippen LogP contribution >= 0.6 is 0 Å². The number of benzene rings is 3. The molecule has 0 saturated carbocycles. The number of nitro groups is 1. The van der Waals surface area contributed by atoms with Gasteiger partial charge in [0.25, 0.3) is 11.6 Å². The first-order chi connectivity index (χ1) is 17.9. The third-order valence-corrected chi connectivity index (χ3v) is 6.50. The lowest BCUT2D eigenvalue weighted by Gasteiger charge is -2.30. The van der Waals surface area contributed by atoms with Gasteiger partial charge in [-0.2, -0.15) is 0 Å². The SMILES string of the molecule is COc1ccc([C@H]2[C@H]3C(=O)N(c4ccc([N+](=O)[O-])cc4)C(=O)[C@@H]3ON2c2ccccc2)c(OC)c1OC. The Labute approximate surface area is 211 Å². The van der Waals surface area contributed by atoms with Gasteiger partial charge in [-0.1, -0.05) is 18.2 Å². The zero-order valence-electron chi connectivity index (χ0n) is 20.2. The summed E-state index contributed by atoms with van der Waals surface area (Å²) >= 11 is 0. The zero-order chi connectivity index (χ0) is 26.3. The van der Waals surface area contributed by atoms with Crippen LogP contribution in [0.4, 0.5) is 17.1 Å². The normalized spacial score (nSPS) is 20.7. The van der Waals surface area contributed by atoms with E-state index in [1.807, 2.05) is 30.3 Å². The highest BCUT2D eigenvalue weighted by Gasteiger charge is 2.61. The third-order valence-electron chi connectivity index (χ3n) is 6.50. The van der Waals surface area contributed by atoms with Crippen molar-refractivity contribution in [3.8, 4) is 17.2 Å². The lowest BCUT2D eigenvalue weighted by molar-refractivity contribution is -0.384. The molecule has 5 rings (SSSR count). The van der Waals surface area contributed by atoms with Crippen LogP contribution in [0.3, 0.4) is 0 Å². The molecule has 2 amide bonds. The van der Waals surface area contributed by atoms with E-state index in [0.29, 0.717) is 28.5 Å². The van der Waals surface area contributed by atoms with Crippen LogP contribution in [-0.2, 0) is 14.4 Å². The van der Waals surface area contributed by atoms with Crippen molar-refractivity contribution in [2.75, 3.05) is 31.3 Å². The van der Waals surface area contributed by atoms with Gasteiger partial charge < -0.3 is 14.2 Å². The molecule has 0 spiro atoms. The molecule has 0 aliphatic carbocycles. The summed E-state index contributed by atoms with van der Waals surface area (Å²) in [5, 5.41) is 12.6. The van der Waals surface area contributed by atoms with Crippen molar-refractivity contribution in [1.29, 1.82) is 0 Å². The van der Waals surface area contributed by atoms with Crippen molar-refractivity contribution in [1.82, 2.24) is 0 Å². The first kappa shape index (κ1) is 24.1. The summed E-state index contributed by atoms with van der Waals surface area (Å²) in [6, 6.07) is 17.0. The molecule has 2 aliphatic rings. The molecule has 37 heavy (non-hydrogen) atoms. The number of para-hydroxylation sites is 1. The van der Waals surface area contributed by atoms with Crippen LogP contribution in [0.15, 0.2) is 66.7 Å². The van der Waals surface area contributed by atoms with E-state index in [1.165, 1.54) is 45.6 Å².